The van der Waals surface area contributed by atoms with Gasteiger partial charge in [0.2, 0.25) is 5.69 Å². The predicted octanol–water partition coefficient (Wildman–Crippen LogP) is 0.213. The molecule has 0 N–H and O–H groups in total. The van der Waals surface area contributed by atoms with E-state index >= 15 is 0 Å². The summed E-state index contributed by atoms with van der Waals surface area (Å²) in [4.78, 5) is 21.9. The van der Waals surface area contributed by atoms with E-state index in [-0.39, 0.29) is 11.4 Å². The lowest BCUT2D eigenvalue weighted by molar-refractivity contribution is -0.385. The highest BCUT2D eigenvalue weighted by atomic mass is 16.6. The highest BCUT2D eigenvalue weighted by Crippen LogP contribution is 2.17. The zero-order valence-electron chi connectivity index (χ0n) is 8.27. The Kier molecular flexibility index (Phi) is 2.24. The monoisotopic (exact) mass is 221 g/mol. The third kappa shape index (κ3) is 1.45. The predicted molar refractivity (Wildman–Crippen MR) is 51.8 cm³/mol. The minimum absolute atomic E-state index is 0.103. The van der Waals surface area contributed by atoms with Crippen molar-refractivity contribution in [2.75, 3.05) is 0 Å². The van der Waals surface area contributed by atoms with E-state index in [0.29, 0.717) is 0 Å². The molecule has 0 radical (unpaired) electrons. The fourth-order valence-corrected chi connectivity index (χ4v) is 1.30. The lowest BCUT2D eigenvalue weighted by Gasteiger charge is -2.00. The van der Waals surface area contributed by atoms with Crippen LogP contribution in [0, 0.1) is 10.1 Å². The molecule has 2 rings (SSSR count). The van der Waals surface area contributed by atoms with Crippen LogP contribution in [-0.4, -0.2) is 30.4 Å². The largest absolute Gasteiger partial charge is 0.320 e. The number of nitrogens with zero attached hydrogens (tertiary/aromatic N) is 5. The molecule has 2 aromatic heterocycles. The van der Waals surface area contributed by atoms with Crippen molar-refractivity contribution in [1.82, 2.24) is 19.6 Å². The number of rotatable bonds is 2. The molecule has 2 aromatic rings. The van der Waals surface area contributed by atoms with Crippen LogP contribution in [-0.2, 0) is 7.05 Å². The van der Waals surface area contributed by atoms with Gasteiger partial charge in [-0.2, -0.15) is 10.2 Å². The zero-order chi connectivity index (χ0) is 11.7. The molecule has 0 aliphatic carbocycles. The third-order valence-corrected chi connectivity index (χ3v) is 2.03. The van der Waals surface area contributed by atoms with Crippen LogP contribution in [0.1, 0.15) is 10.5 Å². The first-order valence-electron chi connectivity index (χ1n) is 4.32. The summed E-state index contributed by atoms with van der Waals surface area (Å²) in [6, 6.07) is 1.56. The van der Waals surface area contributed by atoms with Crippen molar-refractivity contribution < 1.29 is 9.72 Å². The van der Waals surface area contributed by atoms with E-state index in [2.05, 4.69) is 10.2 Å². The van der Waals surface area contributed by atoms with Crippen molar-refractivity contribution in [3.63, 3.8) is 0 Å². The van der Waals surface area contributed by atoms with Crippen LogP contribution in [0.15, 0.2) is 24.7 Å². The second-order valence-electron chi connectivity index (χ2n) is 3.01. The Morgan fingerprint density at radius 2 is 2.25 bits per heavy atom. The van der Waals surface area contributed by atoms with Crippen molar-refractivity contribution in [3.05, 3.63) is 40.5 Å². The molecule has 0 unspecified atom stereocenters. The summed E-state index contributed by atoms with van der Waals surface area (Å²) in [6.07, 6.45) is 3.87. The molecule has 82 valence electrons. The number of nitro groups is 1. The van der Waals surface area contributed by atoms with E-state index in [0.717, 1.165) is 15.6 Å². The first-order chi connectivity index (χ1) is 7.61. The average molecular weight is 221 g/mol. The maximum Gasteiger partial charge on any atom is 0.320 e. The van der Waals surface area contributed by atoms with Crippen molar-refractivity contribution >= 4 is 11.6 Å². The van der Waals surface area contributed by atoms with Gasteiger partial charge in [-0.3, -0.25) is 19.6 Å². The molecule has 0 aliphatic heterocycles. The molecule has 0 spiro atoms. The summed E-state index contributed by atoms with van der Waals surface area (Å²) in [5, 5.41) is 18.1. The summed E-state index contributed by atoms with van der Waals surface area (Å²) in [5.74, 6) is -0.586. The van der Waals surface area contributed by atoms with Gasteiger partial charge in [-0.25, -0.2) is 4.68 Å². The maximum atomic E-state index is 11.8. The van der Waals surface area contributed by atoms with Crippen molar-refractivity contribution in [2.45, 2.75) is 0 Å². The van der Waals surface area contributed by atoms with Gasteiger partial charge in [-0.15, -0.1) is 0 Å². The lowest BCUT2D eigenvalue weighted by Crippen LogP contribution is -2.17. The highest BCUT2D eigenvalue weighted by Gasteiger charge is 2.26. The maximum absolute atomic E-state index is 11.8. The van der Waals surface area contributed by atoms with Gasteiger partial charge in [0, 0.05) is 19.4 Å². The summed E-state index contributed by atoms with van der Waals surface area (Å²) in [5.41, 5.74) is -0.434. The van der Waals surface area contributed by atoms with Crippen LogP contribution in [0.25, 0.3) is 0 Å². The minimum atomic E-state index is -0.649. The van der Waals surface area contributed by atoms with Gasteiger partial charge >= 0.3 is 11.6 Å². The molecular weight excluding hydrogens is 214 g/mol. The second-order valence-corrected chi connectivity index (χ2v) is 3.01. The smallest absolute Gasteiger partial charge is 0.265 e. The summed E-state index contributed by atoms with van der Waals surface area (Å²) in [6.45, 7) is 0. The number of aromatic nitrogens is 4. The van der Waals surface area contributed by atoms with Crippen LogP contribution in [0.4, 0.5) is 5.69 Å². The summed E-state index contributed by atoms with van der Waals surface area (Å²) >= 11 is 0. The van der Waals surface area contributed by atoms with Crippen LogP contribution >= 0.6 is 0 Å². The van der Waals surface area contributed by atoms with Crippen molar-refractivity contribution in [1.29, 1.82) is 0 Å². The molecule has 0 fully saturated rings. The zero-order valence-corrected chi connectivity index (χ0v) is 8.27. The first kappa shape index (κ1) is 10.0. The van der Waals surface area contributed by atoms with E-state index in [1.165, 1.54) is 19.4 Å². The van der Waals surface area contributed by atoms with Gasteiger partial charge in [0.05, 0.1) is 4.92 Å². The van der Waals surface area contributed by atoms with E-state index in [1.807, 2.05) is 0 Å². The highest BCUT2D eigenvalue weighted by molar-refractivity contribution is 5.97. The van der Waals surface area contributed by atoms with Gasteiger partial charge < -0.3 is 0 Å². The Balaban J connectivity index is 2.52. The fraction of sp³-hybridized carbons (Fsp3) is 0.125. The third-order valence-electron chi connectivity index (χ3n) is 2.03. The second kappa shape index (κ2) is 3.57. The van der Waals surface area contributed by atoms with E-state index < -0.39 is 10.8 Å². The molecule has 0 saturated carbocycles. The fourth-order valence-electron chi connectivity index (χ4n) is 1.30. The number of hydrogen-bond acceptors (Lipinski definition) is 5. The number of carbonyl (C=O) groups excluding carboxylic acids is 1. The standard InChI is InChI=1S/C8H7N5O3/c1-11-7(6(5-10-11)13(15)16)8(14)12-4-2-3-9-12/h2-5H,1H3. The molecule has 0 atom stereocenters. The first-order valence-corrected chi connectivity index (χ1v) is 4.32. The van der Waals surface area contributed by atoms with Crippen molar-refractivity contribution in [2.24, 2.45) is 7.05 Å². The van der Waals surface area contributed by atoms with Gasteiger partial charge in [0.1, 0.15) is 6.20 Å². The van der Waals surface area contributed by atoms with Gasteiger partial charge in [0.25, 0.3) is 0 Å². The molecule has 0 saturated heterocycles. The van der Waals surface area contributed by atoms with E-state index in [9.17, 15) is 14.9 Å². The van der Waals surface area contributed by atoms with Crippen molar-refractivity contribution in [3.8, 4) is 0 Å². The van der Waals surface area contributed by atoms with Gasteiger partial charge in [-0.1, -0.05) is 0 Å². The summed E-state index contributed by atoms with van der Waals surface area (Å²) < 4.78 is 2.17. The number of hydrogen-bond donors (Lipinski definition) is 0. The van der Waals surface area contributed by atoms with Crippen LogP contribution in [0.2, 0.25) is 0 Å². The Labute approximate surface area is 89.2 Å². The molecule has 0 amide bonds. The van der Waals surface area contributed by atoms with Crippen LogP contribution in [0.5, 0.6) is 0 Å². The molecular formula is C8H7N5O3. The number of carbonyl (C=O) groups is 1. The Morgan fingerprint density at radius 1 is 1.50 bits per heavy atom. The van der Waals surface area contributed by atoms with Crippen LogP contribution in [0.3, 0.4) is 0 Å². The SMILES string of the molecule is Cn1ncc([N+](=O)[O-])c1C(=O)n1cccn1. The molecule has 0 aliphatic rings. The van der Waals surface area contributed by atoms with Gasteiger partial charge in [-0.05, 0) is 6.07 Å². The molecule has 8 nitrogen and oxygen atoms in total. The quantitative estimate of drug-likeness (QED) is 0.533. The Bertz CT molecular complexity index is 542. The molecule has 16 heavy (non-hydrogen) atoms. The lowest BCUT2D eigenvalue weighted by atomic mass is 10.3. The molecule has 2 heterocycles. The topological polar surface area (TPSA) is 95.9 Å². The minimum Gasteiger partial charge on any atom is -0.265 e. The molecule has 8 heteroatoms. The molecule has 0 bridgehead atoms. The number of aryl methyl sites for hydroxylation is 1. The van der Waals surface area contributed by atoms with Gasteiger partial charge in [0.15, 0.2) is 0 Å². The molecule has 0 aromatic carbocycles. The summed E-state index contributed by atoms with van der Waals surface area (Å²) in [7, 11) is 1.46. The Morgan fingerprint density at radius 3 is 2.81 bits per heavy atom. The van der Waals surface area contributed by atoms with Crippen LogP contribution < -0.4 is 0 Å². The van der Waals surface area contributed by atoms with E-state index in [4.69, 9.17) is 0 Å². The Hall–Kier alpha value is -2.51. The average Bonchev–Trinajstić information content (AvgIpc) is 2.84. The normalized spacial score (nSPS) is 10.3. The van der Waals surface area contributed by atoms with E-state index in [1.54, 1.807) is 6.07 Å².